The van der Waals surface area contributed by atoms with Crippen LogP contribution in [0.4, 0.5) is 0 Å². The number of aromatic nitrogens is 2. The number of nitrogens with one attached hydrogen (secondary N) is 3. The van der Waals surface area contributed by atoms with Crippen LogP contribution in [0.1, 0.15) is 56.1 Å². The molecule has 3 heterocycles. The number of allylic oxidation sites excluding steroid dienone is 2. The molecule has 2 bridgehead atoms. The van der Waals surface area contributed by atoms with Gasteiger partial charge in [0, 0.05) is 42.4 Å². The van der Waals surface area contributed by atoms with E-state index in [4.69, 9.17) is 9.15 Å². The molecule has 2 amide bonds. The molecule has 11 heteroatoms. The highest BCUT2D eigenvalue weighted by molar-refractivity contribution is 5.95. The quantitative estimate of drug-likeness (QED) is 0.323. The van der Waals surface area contributed by atoms with Crippen LogP contribution in [0.15, 0.2) is 77.1 Å². The van der Waals surface area contributed by atoms with E-state index in [1.54, 1.807) is 37.4 Å². The number of cyclic esters (lactones) is 1. The number of hydrogen-bond acceptors (Lipinski definition) is 8. The number of hydrogen-bond donors (Lipinski definition) is 4. The molecule has 1 unspecified atom stereocenters. The van der Waals surface area contributed by atoms with Gasteiger partial charge < -0.3 is 29.9 Å². The molecule has 0 saturated heterocycles. The summed E-state index contributed by atoms with van der Waals surface area (Å²) in [5.41, 5.74) is 2.30. The molecule has 11 nitrogen and oxygen atoms in total. The molecule has 3 aromatic rings. The number of aliphatic hydroxyl groups is 1. The van der Waals surface area contributed by atoms with Crippen molar-refractivity contribution < 1.29 is 33.4 Å². The van der Waals surface area contributed by atoms with Crippen LogP contribution in [0.3, 0.4) is 0 Å². The highest BCUT2D eigenvalue weighted by Gasteiger charge is 2.31. The SMILES string of the molecule is CC1=C\[C@@H](O)CC(=O)Cc2nc(co2)C(=O)N[C@H](Cc2c[nH]c3ccccc23)C(=O)OC(C(C)C)[C@H](C)/C=C/C(=O)NC\C=C\1. The van der Waals surface area contributed by atoms with E-state index in [1.165, 1.54) is 6.08 Å². The summed E-state index contributed by atoms with van der Waals surface area (Å²) in [6.07, 6.45) is 9.13. The Morgan fingerprint density at radius 2 is 1.89 bits per heavy atom. The predicted molar refractivity (Wildman–Crippen MR) is 168 cm³/mol. The van der Waals surface area contributed by atoms with Gasteiger partial charge in [-0.2, -0.15) is 0 Å². The molecular weight excluding hydrogens is 576 g/mol. The Balaban J connectivity index is 1.63. The van der Waals surface area contributed by atoms with Crippen molar-refractivity contribution in [1.29, 1.82) is 0 Å². The van der Waals surface area contributed by atoms with E-state index in [0.717, 1.165) is 22.7 Å². The molecule has 1 aliphatic rings. The maximum absolute atomic E-state index is 13.7. The molecule has 1 aromatic carbocycles. The number of Topliss-reactive ketones (excluding diaryl/α,β-unsaturated/α-hetero) is 1. The summed E-state index contributed by atoms with van der Waals surface area (Å²) in [5, 5.41) is 16.8. The number of rotatable bonds is 3. The first-order valence-electron chi connectivity index (χ1n) is 15.0. The fraction of sp³-hybridized carbons (Fsp3) is 0.382. The number of amides is 2. The largest absolute Gasteiger partial charge is 0.460 e. The van der Waals surface area contributed by atoms with Gasteiger partial charge in [-0.3, -0.25) is 14.4 Å². The minimum absolute atomic E-state index is 0.0170. The number of benzene rings is 1. The van der Waals surface area contributed by atoms with Crippen molar-refractivity contribution in [2.24, 2.45) is 11.8 Å². The molecule has 4 atom stereocenters. The molecule has 0 saturated carbocycles. The summed E-state index contributed by atoms with van der Waals surface area (Å²) in [5.74, 6) is -2.37. The summed E-state index contributed by atoms with van der Waals surface area (Å²) in [7, 11) is 0. The molecule has 4 rings (SSSR count). The minimum Gasteiger partial charge on any atom is -0.460 e. The van der Waals surface area contributed by atoms with E-state index >= 15 is 0 Å². The molecule has 2 aromatic heterocycles. The van der Waals surface area contributed by atoms with Crippen molar-refractivity contribution in [2.75, 3.05) is 6.54 Å². The standard InChI is InChI=1S/C34H40N4O7/c1-20(2)32-22(4)11-12-30(41)35-13-7-8-21(3)14-24(39)16-25(40)17-31-37-29(19-44-31)33(42)38-28(34(43)45-32)15-23-18-36-27-10-6-5-9-26(23)27/h5-12,14,18-20,22,24,28,32,36,39H,13,15-17H2,1-4H3,(H,35,41)(H,38,42)/b8-7+,12-11+,21-14+/t22-,24-,28-,32?/m1/s1. The lowest BCUT2D eigenvalue weighted by Gasteiger charge is -2.28. The van der Waals surface area contributed by atoms with Gasteiger partial charge in [0.2, 0.25) is 11.8 Å². The average Bonchev–Trinajstić information content (AvgIpc) is 3.62. The molecule has 0 fully saturated rings. The van der Waals surface area contributed by atoms with E-state index in [2.05, 4.69) is 20.6 Å². The second-order valence-corrected chi connectivity index (χ2v) is 11.6. The van der Waals surface area contributed by atoms with Crippen molar-refractivity contribution in [1.82, 2.24) is 20.6 Å². The number of esters is 1. The zero-order chi connectivity index (χ0) is 32.5. The first-order valence-corrected chi connectivity index (χ1v) is 15.0. The smallest absolute Gasteiger partial charge is 0.329 e. The number of aliphatic hydroxyl groups excluding tert-OH is 1. The average molecular weight is 617 g/mol. The second kappa shape index (κ2) is 15.3. The molecule has 0 aliphatic carbocycles. The number of carbonyl (C=O) groups is 4. The number of ether oxygens (including phenoxy) is 1. The van der Waals surface area contributed by atoms with Gasteiger partial charge in [-0.1, -0.05) is 68.8 Å². The Morgan fingerprint density at radius 3 is 2.67 bits per heavy atom. The Labute approximate surface area is 261 Å². The lowest BCUT2D eigenvalue weighted by molar-refractivity contribution is -0.155. The molecule has 1 aliphatic heterocycles. The summed E-state index contributed by atoms with van der Waals surface area (Å²) < 4.78 is 11.4. The number of ketones is 1. The fourth-order valence-corrected chi connectivity index (χ4v) is 5.21. The topological polar surface area (TPSA) is 164 Å². The Morgan fingerprint density at radius 1 is 1.11 bits per heavy atom. The number of nitrogens with zero attached hydrogens (tertiary/aromatic N) is 1. The maximum Gasteiger partial charge on any atom is 0.329 e. The van der Waals surface area contributed by atoms with Crippen molar-refractivity contribution in [3.05, 3.63) is 89.8 Å². The number of fused-ring (bicyclic) bond motifs is 3. The van der Waals surface area contributed by atoms with Crippen LogP contribution in [0.2, 0.25) is 0 Å². The van der Waals surface area contributed by atoms with Gasteiger partial charge in [0.05, 0.1) is 12.5 Å². The van der Waals surface area contributed by atoms with Gasteiger partial charge in [0.25, 0.3) is 5.91 Å². The molecule has 4 N–H and O–H groups in total. The number of para-hydroxylation sites is 1. The van der Waals surface area contributed by atoms with Crippen LogP contribution in [0, 0.1) is 11.8 Å². The third-order valence-corrected chi connectivity index (χ3v) is 7.47. The normalized spacial score (nSPS) is 25.6. The van der Waals surface area contributed by atoms with Crippen molar-refractivity contribution >= 4 is 34.5 Å². The highest BCUT2D eigenvalue weighted by atomic mass is 16.5. The Hall–Kier alpha value is -4.77. The fourth-order valence-electron chi connectivity index (χ4n) is 5.21. The van der Waals surface area contributed by atoms with Crippen LogP contribution in [0.25, 0.3) is 10.9 Å². The third-order valence-electron chi connectivity index (χ3n) is 7.47. The first kappa shape index (κ1) is 33.1. The predicted octanol–water partition coefficient (Wildman–Crippen LogP) is 3.75. The Kier molecular flexibility index (Phi) is 11.3. The van der Waals surface area contributed by atoms with E-state index in [1.807, 2.05) is 45.0 Å². The number of H-pyrrole nitrogens is 1. The summed E-state index contributed by atoms with van der Waals surface area (Å²) >= 11 is 0. The number of oxazole rings is 1. The van der Waals surface area contributed by atoms with Crippen LogP contribution in [-0.4, -0.2) is 63.4 Å². The minimum atomic E-state index is -1.09. The van der Waals surface area contributed by atoms with E-state index in [0.29, 0.717) is 5.57 Å². The Bertz CT molecular complexity index is 1610. The molecule has 45 heavy (non-hydrogen) atoms. The third kappa shape index (κ3) is 9.36. The zero-order valence-electron chi connectivity index (χ0n) is 25.9. The van der Waals surface area contributed by atoms with Crippen LogP contribution < -0.4 is 10.6 Å². The maximum atomic E-state index is 13.7. The zero-order valence-corrected chi connectivity index (χ0v) is 25.9. The van der Waals surface area contributed by atoms with E-state index in [-0.39, 0.29) is 60.9 Å². The van der Waals surface area contributed by atoms with Crippen molar-refractivity contribution in [2.45, 2.75) is 65.2 Å². The summed E-state index contributed by atoms with van der Waals surface area (Å²) in [6, 6.07) is 6.54. The molecule has 0 spiro atoms. The van der Waals surface area contributed by atoms with Gasteiger partial charge in [-0.15, -0.1) is 0 Å². The summed E-state index contributed by atoms with van der Waals surface area (Å²) in [6.45, 7) is 7.71. The van der Waals surface area contributed by atoms with Gasteiger partial charge in [-0.25, -0.2) is 9.78 Å². The van der Waals surface area contributed by atoms with Crippen molar-refractivity contribution in [3.63, 3.8) is 0 Å². The van der Waals surface area contributed by atoms with E-state index < -0.39 is 30.1 Å². The number of carbonyl (C=O) groups excluding carboxylic acids is 4. The summed E-state index contributed by atoms with van der Waals surface area (Å²) in [4.78, 5) is 59.4. The van der Waals surface area contributed by atoms with Crippen LogP contribution >= 0.6 is 0 Å². The van der Waals surface area contributed by atoms with Crippen LogP contribution in [-0.2, 0) is 32.0 Å². The van der Waals surface area contributed by atoms with Crippen molar-refractivity contribution in [3.8, 4) is 0 Å². The lowest BCUT2D eigenvalue weighted by atomic mass is 9.94. The molecular formula is C34H40N4O7. The van der Waals surface area contributed by atoms with Gasteiger partial charge in [0.1, 0.15) is 24.2 Å². The highest BCUT2D eigenvalue weighted by Crippen LogP contribution is 2.22. The first-order chi connectivity index (χ1) is 21.5. The molecule has 0 radical (unpaired) electrons. The van der Waals surface area contributed by atoms with E-state index in [9.17, 15) is 24.3 Å². The van der Waals surface area contributed by atoms with Gasteiger partial charge in [0.15, 0.2) is 5.69 Å². The van der Waals surface area contributed by atoms with Gasteiger partial charge >= 0.3 is 5.97 Å². The van der Waals surface area contributed by atoms with Gasteiger partial charge in [-0.05, 0) is 30.5 Å². The lowest BCUT2D eigenvalue weighted by Crippen LogP contribution is -2.46. The van der Waals surface area contributed by atoms with Crippen LogP contribution in [0.5, 0.6) is 0 Å². The number of aromatic amines is 1. The monoisotopic (exact) mass is 616 g/mol. The molecule has 238 valence electrons. The second-order valence-electron chi connectivity index (χ2n) is 11.6.